The van der Waals surface area contributed by atoms with Crippen molar-refractivity contribution in [2.24, 2.45) is 5.92 Å². The maximum atomic E-state index is 10.2. The summed E-state index contributed by atoms with van der Waals surface area (Å²) in [4.78, 5) is 0. The molecule has 0 aromatic heterocycles. The quantitative estimate of drug-likeness (QED) is 0.501. The van der Waals surface area contributed by atoms with Crippen molar-refractivity contribution in [1.29, 1.82) is 0 Å². The molecule has 68 valence electrons. The van der Waals surface area contributed by atoms with Gasteiger partial charge in [0.1, 0.15) is 0 Å². The van der Waals surface area contributed by atoms with E-state index in [0.717, 1.165) is 18.8 Å². The van der Waals surface area contributed by atoms with Crippen LogP contribution in [0.2, 0.25) is 0 Å². The molecule has 11 heavy (non-hydrogen) atoms. The number of rotatable bonds is 6. The predicted octanol–water partition coefficient (Wildman–Crippen LogP) is 2.42. The van der Waals surface area contributed by atoms with Crippen LogP contribution in [0.5, 0.6) is 0 Å². The summed E-state index contributed by atoms with van der Waals surface area (Å²) in [6.45, 7) is 4.39. The van der Waals surface area contributed by atoms with E-state index in [1.54, 1.807) is 0 Å². The molecule has 0 aromatic carbocycles. The van der Waals surface area contributed by atoms with Crippen LogP contribution in [-0.4, -0.2) is 14.5 Å². The lowest BCUT2D eigenvalue weighted by Gasteiger charge is -2.05. The fourth-order valence-electron chi connectivity index (χ4n) is 0.922. The monoisotopic (exact) mass is 178 g/mol. The molecule has 0 aliphatic heterocycles. The minimum Gasteiger partial charge on any atom is -0.306 e. The fraction of sp³-hybridized carbons (Fsp3) is 1.00. The molecular weight excluding hydrogens is 160 g/mol. The average molecular weight is 178 g/mol. The molecule has 0 aliphatic carbocycles. The van der Waals surface area contributed by atoms with E-state index >= 15 is 0 Å². The van der Waals surface area contributed by atoms with Crippen LogP contribution in [0.15, 0.2) is 0 Å². The largest absolute Gasteiger partial charge is 0.306 e. The molecule has 0 amide bonds. The molecule has 2 unspecified atom stereocenters. The maximum Gasteiger partial charge on any atom is 0.152 e. The Bertz CT molecular complexity index is 115. The van der Waals surface area contributed by atoms with E-state index in [9.17, 15) is 4.21 Å². The van der Waals surface area contributed by atoms with Crippen LogP contribution in [0.1, 0.15) is 39.5 Å². The van der Waals surface area contributed by atoms with Crippen molar-refractivity contribution in [3.8, 4) is 0 Å². The Labute approximate surface area is 71.7 Å². The summed E-state index contributed by atoms with van der Waals surface area (Å²) >= 11 is -1.58. The van der Waals surface area contributed by atoms with Gasteiger partial charge in [0.05, 0.1) is 0 Å². The molecule has 2 nitrogen and oxygen atoms in total. The van der Waals surface area contributed by atoms with Crippen LogP contribution >= 0.6 is 0 Å². The van der Waals surface area contributed by atoms with Crippen molar-refractivity contribution in [3.63, 3.8) is 0 Å². The minimum absolute atomic E-state index is 0.441. The summed E-state index contributed by atoms with van der Waals surface area (Å²) in [5, 5.41) is 0. The number of unbranched alkanes of at least 4 members (excludes halogenated alkanes) is 1. The van der Waals surface area contributed by atoms with Crippen LogP contribution in [-0.2, 0) is 11.1 Å². The van der Waals surface area contributed by atoms with Gasteiger partial charge in [-0.2, -0.15) is 0 Å². The van der Waals surface area contributed by atoms with Gasteiger partial charge < -0.3 is 4.55 Å². The molecule has 0 radical (unpaired) electrons. The molecule has 0 saturated carbocycles. The second kappa shape index (κ2) is 6.80. The van der Waals surface area contributed by atoms with Gasteiger partial charge in [-0.3, -0.25) is 0 Å². The van der Waals surface area contributed by atoms with E-state index in [2.05, 4.69) is 13.8 Å². The Morgan fingerprint density at radius 3 is 2.55 bits per heavy atom. The Kier molecular flexibility index (Phi) is 6.87. The zero-order valence-electron chi connectivity index (χ0n) is 7.38. The lowest BCUT2D eigenvalue weighted by Crippen LogP contribution is -1.97. The van der Waals surface area contributed by atoms with Crippen molar-refractivity contribution in [1.82, 2.24) is 0 Å². The van der Waals surface area contributed by atoms with E-state index in [1.807, 2.05) is 0 Å². The van der Waals surface area contributed by atoms with Gasteiger partial charge in [-0.1, -0.05) is 33.1 Å². The van der Waals surface area contributed by atoms with Crippen molar-refractivity contribution >= 4 is 11.1 Å². The van der Waals surface area contributed by atoms with Crippen LogP contribution in [0.25, 0.3) is 0 Å². The van der Waals surface area contributed by atoms with Gasteiger partial charge in [-0.05, 0) is 12.3 Å². The molecular formula is C8H18O2S. The van der Waals surface area contributed by atoms with E-state index in [-0.39, 0.29) is 0 Å². The van der Waals surface area contributed by atoms with Crippen molar-refractivity contribution in [2.75, 3.05) is 5.75 Å². The van der Waals surface area contributed by atoms with E-state index in [4.69, 9.17) is 4.55 Å². The van der Waals surface area contributed by atoms with E-state index < -0.39 is 11.1 Å². The lowest BCUT2D eigenvalue weighted by atomic mass is 10.0. The van der Waals surface area contributed by atoms with Gasteiger partial charge in [0, 0.05) is 5.75 Å². The molecule has 3 heteroatoms. The highest BCUT2D eigenvalue weighted by molar-refractivity contribution is 7.79. The van der Waals surface area contributed by atoms with Crippen molar-refractivity contribution in [3.05, 3.63) is 0 Å². The fourth-order valence-corrected chi connectivity index (χ4v) is 1.37. The van der Waals surface area contributed by atoms with Crippen molar-refractivity contribution < 1.29 is 8.76 Å². The molecule has 0 aromatic rings. The zero-order chi connectivity index (χ0) is 8.69. The first-order valence-corrected chi connectivity index (χ1v) is 5.51. The molecule has 0 saturated heterocycles. The third kappa shape index (κ3) is 8.01. The van der Waals surface area contributed by atoms with E-state index in [0.29, 0.717) is 5.75 Å². The second-order valence-corrected chi connectivity index (χ2v) is 4.09. The Morgan fingerprint density at radius 2 is 2.09 bits per heavy atom. The highest BCUT2D eigenvalue weighted by atomic mass is 32.2. The topological polar surface area (TPSA) is 37.3 Å². The SMILES string of the molecule is CCC(C)CCCCS(=O)O. The summed E-state index contributed by atoms with van der Waals surface area (Å²) < 4.78 is 18.7. The van der Waals surface area contributed by atoms with Crippen LogP contribution in [0.4, 0.5) is 0 Å². The molecule has 0 aliphatic rings. The minimum atomic E-state index is -1.58. The lowest BCUT2D eigenvalue weighted by molar-refractivity contribution is 0.489. The Balaban J connectivity index is 3.08. The van der Waals surface area contributed by atoms with Gasteiger partial charge in [0.25, 0.3) is 0 Å². The summed E-state index contributed by atoms with van der Waals surface area (Å²) in [6, 6.07) is 0. The zero-order valence-corrected chi connectivity index (χ0v) is 8.19. The summed E-state index contributed by atoms with van der Waals surface area (Å²) in [7, 11) is 0. The average Bonchev–Trinajstić information content (AvgIpc) is 1.97. The normalized spacial score (nSPS) is 16.3. The van der Waals surface area contributed by atoms with Crippen LogP contribution in [0, 0.1) is 5.92 Å². The summed E-state index contributed by atoms with van der Waals surface area (Å²) in [5.41, 5.74) is 0. The maximum absolute atomic E-state index is 10.2. The third-order valence-corrected chi connectivity index (χ3v) is 2.60. The summed E-state index contributed by atoms with van der Waals surface area (Å²) in [6.07, 6.45) is 4.37. The standard InChI is InChI=1S/C8H18O2S/c1-3-8(2)6-4-5-7-11(9)10/h8H,3-7H2,1-2H3,(H,9,10). The smallest absolute Gasteiger partial charge is 0.152 e. The Hall–Kier alpha value is 0.110. The van der Waals surface area contributed by atoms with Gasteiger partial charge in [0.15, 0.2) is 11.1 Å². The van der Waals surface area contributed by atoms with Gasteiger partial charge in [-0.15, -0.1) is 0 Å². The highest BCUT2D eigenvalue weighted by Gasteiger charge is 1.99. The van der Waals surface area contributed by atoms with Gasteiger partial charge in [-0.25, -0.2) is 4.21 Å². The molecule has 0 rings (SSSR count). The van der Waals surface area contributed by atoms with Gasteiger partial charge in [0.2, 0.25) is 0 Å². The molecule has 0 fully saturated rings. The molecule has 0 bridgehead atoms. The number of hydrogen-bond donors (Lipinski definition) is 1. The first kappa shape index (κ1) is 11.1. The second-order valence-electron chi connectivity index (χ2n) is 3.03. The molecule has 0 spiro atoms. The van der Waals surface area contributed by atoms with Crippen molar-refractivity contribution in [2.45, 2.75) is 39.5 Å². The van der Waals surface area contributed by atoms with Crippen LogP contribution < -0.4 is 0 Å². The molecule has 0 heterocycles. The summed E-state index contributed by atoms with van der Waals surface area (Å²) in [5.74, 6) is 1.21. The first-order valence-electron chi connectivity index (χ1n) is 4.24. The number of hydrogen-bond acceptors (Lipinski definition) is 1. The highest BCUT2D eigenvalue weighted by Crippen LogP contribution is 2.10. The predicted molar refractivity (Wildman–Crippen MR) is 48.9 cm³/mol. The first-order chi connectivity index (χ1) is 5.16. The van der Waals surface area contributed by atoms with Gasteiger partial charge >= 0.3 is 0 Å². The van der Waals surface area contributed by atoms with Crippen LogP contribution in [0.3, 0.4) is 0 Å². The molecule has 2 atom stereocenters. The third-order valence-electron chi connectivity index (χ3n) is 1.96. The van der Waals surface area contributed by atoms with E-state index in [1.165, 1.54) is 12.8 Å². The molecule has 1 N–H and O–H groups in total. The Morgan fingerprint density at radius 1 is 1.45 bits per heavy atom.